The lowest BCUT2D eigenvalue weighted by molar-refractivity contribution is -0.136. The minimum absolute atomic E-state index is 0.0638. The maximum Gasteiger partial charge on any atom is 0.255 e. The van der Waals surface area contributed by atoms with Crippen LogP contribution in [0.25, 0.3) is 17.0 Å². The Kier molecular flexibility index (Phi) is 8.89. The molecule has 3 aromatic heterocycles. The molecule has 9 rings (SSSR count). The van der Waals surface area contributed by atoms with Crippen molar-refractivity contribution in [2.24, 2.45) is 0 Å². The summed E-state index contributed by atoms with van der Waals surface area (Å²) in [6, 6.07) is 21.8. The molecule has 1 unspecified atom stereocenters. The van der Waals surface area contributed by atoms with Crippen LogP contribution in [-0.2, 0) is 16.1 Å². The molecule has 3 amide bonds. The zero-order valence-electron chi connectivity index (χ0n) is 29.7. The number of benzene rings is 2. The Balaban J connectivity index is 0.808. The number of pyridine rings is 1. The molecule has 276 valence electrons. The molecule has 54 heavy (non-hydrogen) atoms. The smallest absolute Gasteiger partial charge is 0.255 e. The molecule has 1 N–H and O–H groups in total. The highest BCUT2D eigenvalue weighted by Crippen LogP contribution is 2.36. The number of nitrogens with one attached hydrogen (secondary N) is 1. The number of carbonyl (C=O) groups excluding carboxylic acids is 3. The van der Waals surface area contributed by atoms with Gasteiger partial charge in [-0.2, -0.15) is 0 Å². The standard InChI is InChI=1S/C40H40FN9O4/c41-28-5-1-4-26(22-28)32-7-3-15-48(32)37-13-12-35-42-24-34(50(35)45-37)31-6-2-8-36(43-31)47-18-16-46(17-19-47)20-21-54-29-10-9-27-25-49(40(53)30(27)23-29)33-11-14-38(51)44-39(33)52/h1-2,4-6,8-10,12-13,22-24,32-33H,3,7,11,14-21,25H2,(H,44,51,52)/t32-,33?/m1/s1. The molecule has 7 heterocycles. The van der Waals surface area contributed by atoms with Crippen LogP contribution in [0.1, 0.15) is 53.2 Å². The molecule has 2 atom stereocenters. The summed E-state index contributed by atoms with van der Waals surface area (Å²) in [5.74, 6) is 1.19. The minimum atomic E-state index is -0.636. The lowest BCUT2D eigenvalue weighted by Crippen LogP contribution is -2.52. The van der Waals surface area contributed by atoms with Crippen LogP contribution < -0.4 is 19.9 Å². The zero-order chi connectivity index (χ0) is 36.8. The molecule has 2 aromatic carbocycles. The number of carbonyl (C=O) groups is 3. The first-order valence-corrected chi connectivity index (χ1v) is 18.6. The first-order chi connectivity index (χ1) is 26.4. The molecule has 0 bridgehead atoms. The molecule has 0 spiro atoms. The van der Waals surface area contributed by atoms with E-state index in [2.05, 4.69) is 25.0 Å². The van der Waals surface area contributed by atoms with E-state index in [1.165, 1.54) is 6.07 Å². The molecular formula is C40H40FN9O4. The average Bonchev–Trinajstić information content (AvgIpc) is 3.93. The van der Waals surface area contributed by atoms with Gasteiger partial charge in [-0.1, -0.05) is 24.3 Å². The third-order valence-corrected chi connectivity index (χ3v) is 11.0. The number of nitrogens with zero attached hydrogens (tertiary/aromatic N) is 8. The lowest BCUT2D eigenvalue weighted by Gasteiger charge is -2.35. The number of fused-ring (bicyclic) bond motifs is 2. The van der Waals surface area contributed by atoms with Crippen LogP contribution >= 0.6 is 0 Å². The topological polar surface area (TPSA) is 129 Å². The van der Waals surface area contributed by atoms with Gasteiger partial charge in [0.15, 0.2) is 5.65 Å². The van der Waals surface area contributed by atoms with Crippen molar-refractivity contribution in [3.63, 3.8) is 0 Å². The summed E-state index contributed by atoms with van der Waals surface area (Å²) in [5.41, 5.74) is 4.69. The molecule has 0 aliphatic carbocycles. The van der Waals surface area contributed by atoms with E-state index in [1.807, 2.05) is 59.2 Å². The normalized spacial score (nSPS) is 20.5. The zero-order valence-corrected chi connectivity index (χ0v) is 29.7. The third kappa shape index (κ3) is 6.50. The van der Waals surface area contributed by atoms with E-state index < -0.39 is 11.9 Å². The number of anilines is 2. The number of amides is 3. The monoisotopic (exact) mass is 729 g/mol. The molecular weight excluding hydrogens is 689 g/mol. The van der Waals surface area contributed by atoms with Crippen molar-refractivity contribution in [2.75, 3.05) is 55.7 Å². The summed E-state index contributed by atoms with van der Waals surface area (Å²) < 4.78 is 22.0. The Labute approximate surface area is 311 Å². The Morgan fingerprint density at radius 1 is 0.852 bits per heavy atom. The summed E-state index contributed by atoms with van der Waals surface area (Å²) in [7, 11) is 0. The van der Waals surface area contributed by atoms with Crippen LogP contribution in [0.3, 0.4) is 0 Å². The highest BCUT2D eigenvalue weighted by molar-refractivity contribution is 6.05. The van der Waals surface area contributed by atoms with Gasteiger partial charge in [0.25, 0.3) is 5.91 Å². The number of hydrogen-bond acceptors (Lipinski definition) is 10. The van der Waals surface area contributed by atoms with Gasteiger partial charge in [-0.05, 0) is 78.9 Å². The molecule has 0 radical (unpaired) electrons. The summed E-state index contributed by atoms with van der Waals surface area (Å²) in [4.78, 5) is 55.2. The van der Waals surface area contributed by atoms with Gasteiger partial charge in [0.05, 0.1) is 17.9 Å². The second-order valence-corrected chi connectivity index (χ2v) is 14.3. The van der Waals surface area contributed by atoms with Gasteiger partial charge in [0.1, 0.15) is 41.5 Å². The third-order valence-electron chi connectivity index (χ3n) is 11.0. The van der Waals surface area contributed by atoms with Crippen molar-refractivity contribution in [2.45, 2.75) is 44.3 Å². The Morgan fingerprint density at radius 3 is 2.57 bits per heavy atom. The largest absolute Gasteiger partial charge is 0.492 e. The lowest BCUT2D eigenvalue weighted by atomic mass is 10.0. The maximum absolute atomic E-state index is 14.1. The van der Waals surface area contributed by atoms with Crippen LogP contribution in [0.5, 0.6) is 5.75 Å². The molecule has 13 nitrogen and oxygen atoms in total. The molecule has 4 aliphatic rings. The average molecular weight is 730 g/mol. The molecule has 0 saturated carbocycles. The molecule has 3 fully saturated rings. The Bertz CT molecular complexity index is 2250. The highest BCUT2D eigenvalue weighted by atomic mass is 19.1. The van der Waals surface area contributed by atoms with Crippen molar-refractivity contribution in [1.82, 2.24) is 34.7 Å². The van der Waals surface area contributed by atoms with Crippen molar-refractivity contribution in [3.8, 4) is 17.1 Å². The fraction of sp³-hybridized carbons (Fsp3) is 0.350. The second-order valence-electron chi connectivity index (χ2n) is 14.3. The number of hydrogen-bond donors (Lipinski definition) is 1. The number of piperazine rings is 1. The van der Waals surface area contributed by atoms with Crippen LogP contribution in [0.2, 0.25) is 0 Å². The fourth-order valence-electron chi connectivity index (χ4n) is 8.15. The van der Waals surface area contributed by atoms with Gasteiger partial charge < -0.3 is 19.4 Å². The SMILES string of the molecule is O=C1CCC(N2Cc3ccc(OCCN4CCN(c5cccc(-c6cnc7ccc(N8CCC[C@@H]8c8cccc(F)c8)nn67)n5)CC4)cc3C2=O)C(=O)N1. The van der Waals surface area contributed by atoms with Gasteiger partial charge in [-0.3, -0.25) is 24.6 Å². The van der Waals surface area contributed by atoms with Crippen LogP contribution in [-0.4, -0.2) is 99.0 Å². The first-order valence-electron chi connectivity index (χ1n) is 18.6. The van der Waals surface area contributed by atoms with E-state index in [-0.39, 0.29) is 30.1 Å². The molecule has 3 saturated heterocycles. The van der Waals surface area contributed by atoms with Crippen molar-refractivity contribution < 1.29 is 23.5 Å². The number of rotatable bonds is 9. The summed E-state index contributed by atoms with van der Waals surface area (Å²) in [6.07, 6.45) is 4.33. The van der Waals surface area contributed by atoms with Crippen LogP contribution in [0, 0.1) is 5.82 Å². The van der Waals surface area contributed by atoms with Gasteiger partial charge in [0, 0.05) is 57.8 Å². The van der Waals surface area contributed by atoms with E-state index in [9.17, 15) is 18.8 Å². The Hall–Kier alpha value is -5.89. The number of imidazole rings is 1. The predicted octanol–water partition coefficient (Wildman–Crippen LogP) is 4.23. The molecule has 5 aromatic rings. The van der Waals surface area contributed by atoms with Gasteiger partial charge in [-0.15, -0.1) is 5.10 Å². The number of aromatic nitrogens is 4. The van der Waals surface area contributed by atoms with Gasteiger partial charge >= 0.3 is 0 Å². The predicted molar refractivity (Wildman–Crippen MR) is 199 cm³/mol. The number of ether oxygens (including phenoxy) is 1. The first kappa shape index (κ1) is 33.9. The highest BCUT2D eigenvalue weighted by Gasteiger charge is 2.39. The van der Waals surface area contributed by atoms with Crippen LogP contribution in [0.4, 0.5) is 16.0 Å². The quantitative estimate of drug-likeness (QED) is 0.220. The number of piperidine rings is 1. The molecule has 14 heteroatoms. The van der Waals surface area contributed by atoms with E-state index >= 15 is 0 Å². The van der Waals surface area contributed by atoms with Crippen LogP contribution in [0.15, 0.2) is 79.0 Å². The second kappa shape index (κ2) is 14.2. The van der Waals surface area contributed by atoms with Gasteiger partial charge in [-0.25, -0.2) is 18.9 Å². The fourth-order valence-corrected chi connectivity index (χ4v) is 8.15. The van der Waals surface area contributed by atoms with E-state index in [4.69, 9.17) is 14.8 Å². The van der Waals surface area contributed by atoms with Gasteiger partial charge in [0.2, 0.25) is 11.8 Å². The summed E-state index contributed by atoms with van der Waals surface area (Å²) in [5, 5.41) is 7.36. The summed E-state index contributed by atoms with van der Waals surface area (Å²) >= 11 is 0. The number of imide groups is 1. The van der Waals surface area contributed by atoms with E-state index in [0.29, 0.717) is 30.9 Å². The van der Waals surface area contributed by atoms with E-state index in [1.54, 1.807) is 23.1 Å². The van der Waals surface area contributed by atoms with Crippen molar-refractivity contribution >= 4 is 35.0 Å². The van der Waals surface area contributed by atoms with Crippen molar-refractivity contribution in [3.05, 3.63) is 102 Å². The van der Waals surface area contributed by atoms with Crippen molar-refractivity contribution in [1.29, 1.82) is 0 Å². The Morgan fingerprint density at radius 2 is 1.72 bits per heavy atom. The molecule has 4 aliphatic heterocycles. The van der Waals surface area contributed by atoms with E-state index in [0.717, 1.165) is 91.9 Å². The summed E-state index contributed by atoms with van der Waals surface area (Å²) in [6.45, 7) is 5.72. The number of halogens is 1. The minimum Gasteiger partial charge on any atom is -0.492 e. The maximum atomic E-state index is 14.1.